The Hall–Kier alpha value is -0.120. The summed E-state index contributed by atoms with van der Waals surface area (Å²) in [6, 6.07) is 0. The van der Waals surface area contributed by atoms with Crippen LogP contribution in [0, 0.1) is 11.8 Å². The Bertz CT molecular complexity index is 200. The lowest BCUT2D eigenvalue weighted by atomic mass is 10.0. The first-order valence-electron chi connectivity index (χ1n) is 7.15. The molecule has 17 heavy (non-hydrogen) atoms. The fraction of sp³-hybridized carbons (Fsp3) is 1.00. The number of piperazine rings is 1. The standard InChI is InChI=1S/C14H30N2O/c1-5-13(4)14(17)11-16-8-6-15(7-9-16)10-12(2)3/h12-14,17H,5-11H2,1-4H3. The molecule has 1 aliphatic rings. The molecule has 3 heteroatoms. The molecule has 2 atom stereocenters. The summed E-state index contributed by atoms with van der Waals surface area (Å²) in [5, 5.41) is 10.0. The quantitative estimate of drug-likeness (QED) is 0.767. The van der Waals surface area contributed by atoms with Crippen LogP contribution in [0.3, 0.4) is 0 Å². The van der Waals surface area contributed by atoms with Gasteiger partial charge in [0.15, 0.2) is 0 Å². The highest BCUT2D eigenvalue weighted by Gasteiger charge is 2.21. The first-order valence-corrected chi connectivity index (χ1v) is 7.15. The summed E-state index contributed by atoms with van der Waals surface area (Å²) in [6.45, 7) is 15.4. The maximum atomic E-state index is 10.0. The summed E-state index contributed by atoms with van der Waals surface area (Å²) in [5.41, 5.74) is 0. The maximum Gasteiger partial charge on any atom is 0.0692 e. The number of aliphatic hydroxyl groups is 1. The third kappa shape index (κ3) is 5.36. The van der Waals surface area contributed by atoms with Gasteiger partial charge in [-0.25, -0.2) is 0 Å². The molecular formula is C14H30N2O. The monoisotopic (exact) mass is 242 g/mol. The van der Waals surface area contributed by atoms with E-state index in [4.69, 9.17) is 0 Å². The predicted octanol–water partition coefficient (Wildman–Crippen LogP) is 1.67. The third-order valence-electron chi connectivity index (χ3n) is 3.83. The van der Waals surface area contributed by atoms with Crippen LogP contribution in [0.5, 0.6) is 0 Å². The van der Waals surface area contributed by atoms with Crippen molar-refractivity contribution in [2.45, 2.75) is 40.2 Å². The number of β-amino-alcohol motifs (C(OH)–C–C–N with tert-alkyl or cyclic N) is 1. The minimum atomic E-state index is -0.156. The average molecular weight is 242 g/mol. The molecule has 0 aromatic heterocycles. The molecule has 1 saturated heterocycles. The fourth-order valence-corrected chi connectivity index (χ4v) is 2.39. The third-order valence-corrected chi connectivity index (χ3v) is 3.83. The lowest BCUT2D eigenvalue weighted by Crippen LogP contribution is -2.49. The molecule has 102 valence electrons. The first kappa shape index (κ1) is 14.9. The number of hydrogen-bond acceptors (Lipinski definition) is 3. The van der Waals surface area contributed by atoms with Crippen LogP contribution >= 0.6 is 0 Å². The van der Waals surface area contributed by atoms with Crippen LogP contribution in [0.1, 0.15) is 34.1 Å². The molecule has 1 N–H and O–H groups in total. The minimum absolute atomic E-state index is 0.156. The number of rotatable bonds is 6. The number of nitrogens with zero attached hydrogens (tertiary/aromatic N) is 2. The van der Waals surface area contributed by atoms with E-state index in [1.54, 1.807) is 0 Å². The summed E-state index contributed by atoms with van der Waals surface area (Å²) in [7, 11) is 0. The van der Waals surface area contributed by atoms with E-state index in [1.807, 2.05) is 0 Å². The molecule has 1 rings (SSSR count). The van der Waals surface area contributed by atoms with E-state index in [-0.39, 0.29) is 6.10 Å². The second-order valence-corrected chi connectivity index (χ2v) is 5.95. The van der Waals surface area contributed by atoms with E-state index in [0.717, 1.165) is 45.1 Å². The molecule has 0 aromatic rings. The highest BCUT2D eigenvalue weighted by Crippen LogP contribution is 2.11. The Morgan fingerprint density at radius 1 is 0.941 bits per heavy atom. The summed E-state index contributed by atoms with van der Waals surface area (Å²) in [4.78, 5) is 4.95. The van der Waals surface area contributed by atoms with Crippen molar-refractivity contribution in [2.75, 3.05) is 39.3 Å². The summed E-state index contributed by atoms with van der Waals surface area (Å²) < 4.78 is 0. The molecule has 3 nitrogen and oxygen atoms in total. The Balaban J connectivity index is 2.23. The molecule has 1 aliphatic heterocycles. The van der Waals surface area contributed by atoms with Gasteiger partial charge in [-0.15, -0.1) is 0 Å². The predicted molar refractivity (Wildman–Crippen MR) is 73.2 cm³/mol. The van der Waals surface area contributed by atoms with Crippen LogP contribution in [0.15, 0.2) is 0 Å². The van der Waals surface area contributed by atoms with Gasteiger partial charge < -0.3 is 10.0 Å². The summed E-state index contributed by atoms with van der Waals surface area (Å²) in [5.74, 6) is 1.18. The Morgan fingerprint density at radius 3 is 1.82 bits per heavy atom. The topological polar surface area (TPSA) is 26.7 Å². The van der Waals surface area contributed by atoms with Gasteiger partial charge in [-0.3, -0.25) is 4.90 Å². The minimum Gasteiger partial charge on any atom is -0.392 e. The largest absolute Gasteiger partial charge is 0.392 e. The van der Waals surface area contributed by atoms with Crippen molar-refractivity contribution in [1.82, 2.24) is 9.80 Å². The van der Waals surface area contributed by atoms with Crippen LogP contribution in [-0.4, -0.2) is 60.3 Å². The molecule has 0 saturated carbocycles. The summed E-state index contributed by atoms with van der Waals surface area (Å²) >= 11 is 0. The van der Waals surface area contributed by atoms with Crippen LogP contribution in [0.4, 0.5) is 0 Å². The SMILES string of the molecule is CCC(C)C(O)CN1CCN(CC(C)C)CC1. The van der Waals surface area contributed by atoms with Crippen molar-refractivity contribution >= 4 is 0 Å². The maximum absolute atomic E-state index is 10.0. The number of aliphatic hydroxyl groups excluding tert-OH is 1. The first-order chi connectivity index (χ1) is 8.02. The van der Waals surface area contributed by atoms with Gasteiger partial charge in [-0.2, -0.15) is 0 Å². The Labute approximate surface area is 107 Å². The fourth-order valence-electron chi connectivity index (χ4n) is 2.39. The molecule has 1 heterocycles. The molecular weight excluding hydrogens is 212 g/mol. The van der Waals surface area contributed by atoms with Crippen LogP contribution in [0.25, 0.3) is 0 Å². The molecule has 0 radical (unpaired) electrons. The summed E-state index contributed by atoms with van der Waals surface area (Å²) in [6.07, 6.45) is 0.908. The smallest absolute Gasteiger partial charge is 0.0692 e. The van der Waals surface area contributed by atoms with E-state index in [9.17, 15) is 5.11 Å². The molecule has 0 spiro atoms. The highest BCUT2D eigenvalue weighted by molar-refractivity contribution is 4.76. The second kappa shape index (κ2) is 7.34. The van der Waals surface area contributed by atoms with E-state index >= 15 is 0 Å². The van der Waals surface area contributed by atoms with Crippen molar-refractivity contribution in [3.8, 4) is 0 Å². The van der Waals surface area contributed by atoms with Crippen molar-refractivity contribution < 1.29 is 5.11 Å². The van der Waals surface area contributed by atoms with Gasteiger partial charge in [-0.05, 0) is 11.8 Å². The molecule has 0 aliphatic carbocycles. The Kier molecular flexibility index (Phi) is 6.45. The number of hydrogen-bond donors (Lipinski definition) is 1. The van der Waals surface area contributed by atoms with Crippen LogP contribution in [-0.2, 0) is 0 Å². The molecule has 0 amide bonds. The van der Waals surface area contributed by atoms with E-state index in [0.29, 0.717) is 5.92 Å². The van der Waals surface area contributed by atoms with Gasteiger partial charge in [0.1, 0.15) is 0 Å². The van der Waals surface area contributed by atoms with Crippen molar-refractivity contribution in [3.63, 3.8) is 0 Å². The molecule has 0 aromatic carbocycles. The van der Waals surface area contributed by atoms with Gasteiger partial charge in [0.2, 0.25) is 0 Å². The highest BCUT2D eigenvalue weighted by atomic mass is 16.3. The lowest BCUT2D eigenvalue weighted by Gasteiger charge is -2.37. The van der Waals surface area contributed by atoms with Crippen LogP contribution < -0.4 is 0 Å². The van der Waals surface area contributed by atoms with Crippen molar-refractivity contribution in [3.05, 3.63) is 0 Å². The van der Waals surface area contributed by atoms with Gasteiger partial charge in [-0.1, -0.05) is 34.1 Å². The molecule has 2 unspecified atom stereocenters. The van der Waals surface area contributed by atoms with Gasteiger partial charge in [0.25, 0.3) is 0 Å². The zero-order valence-electron chi connectivity index (χ0n) is 12.0. The zero-order chi connectivity index (χ0) is 12.8. The van der Waals surface area contributed by atoms with E-state index < -0.39 is 0 Å². The van der Waals surface area contributed by atoms with Crippen molar-refractivity contribution in [1.29, 1.82) is 0 Å². The van der Waals surface area contributed by atoms with Crippen LogP contribution in [0.2, 0.25) is 0 Å². The van der Waals surface area contributed by atoms with E-state index in [2.05, 4.69) is 37.5 Å². The Morgan fingerprint density at radius 2 is 1.41 bits per heavy atom. The second-order valence-electron chi connectivity index (χ2n) is 5.95. The zero-order valence-corrected chi connectivity index (χ0v) is 12.0. The van der Waals surface area contributed by atoms with Gasteiger partial charge in [0, 0.05) is 39.3 Å². The van der Waals surface area contributed by atoms with Gasteiger partial charge >= 0.3 is 0 Å². The van der Waals surface area contributed by atoms with Crippen molar-refractivity contribution in [2.24, 2.45) is 11.8 Å². The van der Waals surface area contributed by atoms with Gasteiger partial charge in [0.05, 0.1) is 6.10 Å². The molecule has 1 fully saturated rings. The van der Waals surface area contributed by atoms with E-state index in [1.165, 1.54) is 6.54 Å². The average Bonchev–Trinajstić information content (AvgIpc) is 2.30. The molecule has 0 bridgehead atoms. The normalized spacial score (nSPS) is 22.9. The lowest BCUT2D eigenvalue weighted by molar-refractivity contribution is 0.0423.